The maximum absolute atomic E-state index is 13.8. The Balaban J connectivity index is 1.41. The van der Waals surface area contributed by atoms with Crippen LogP contribution in [-0.2, 0) is 0 Å². The Bertz CT molecular complexity index is 662. The summed E-state index contributed by atoms with van der Waals surface area (Å²) in [4.78, 5) is 0. The summed E-state index contributed by atoms with van der Waals surface area (Å²) in [6, 6.07) is 3.99. The van der Waals surface area contributed by atoms with Gasteiger partial charge in [-0.1, -0.05) is 102 Å². The third-order valence-electron chi connectivity index (χ3n) is 7.35. The van der Waals surface area contributed by atoms with Gasteiger partial charge in [-0.15, -0.1) is 0 Å². The van der Waals surface area contributed by atoms with E-state index in [-0.39, 0.29) is 5.92 Å². The zero-order chi connectivity index (χ0) is 21.2. The molecule has 0 bridgehead atoms. The number of unbranched alkanes of at least 4 members (excludes halogenated alkanes) is 7. The van der Waals surface area contributed by atoms with E-state index in [1.54, 1.807) is 0 Å². The van der Waals surface area contributed by atoms with E-state index in [0.717, 1.165) is 17.5 Å². The third kappa shape index (κ3) is 7.06. The lowest BCUT2D eigenvalue weighted by Crippen LogP contribution is -2.25. The van der Waals surface area contributed by atoms with Gasteiger partial charge in [0, 0.05) is 12.0 Å². The van der Waals surface area contributed by atoms with E-state index in [1.807, 2.05) is 6.08 Å². The van der Waals surface area contributed by atoms with Crippen LogP contribution in [0.4, 0.5) is 8.78 Å². The molecular weight excluding hydrogens is 374 g/mol. The summed E-state index contributed by atoms with van der Waals surface area (Å²) >= 11 is 0. The smallest absolute Gasteiger partial charge is 0.126 e. The minimum absolute atomic E-state index is 0.0921. The first kappa shape index (κ1) is 23.2. The SMILES string of the molecule is CCCCCCCCCC[C@H]1CC[C@H](C2C=CC=CC2c2cc(F)cc(F)c2)CC1. The van der Waals surface area contributed by atoms with Crippen LogP contribution in [0.15, 0.2) is 42.5 Å². The van der Waals surface area contributed by atoms with E-state index in [9.17, 15) is 8.78 Å². The summed E-state index contributed by atoms with van der Waals surface area (Å²) in [5.41, 5.74) is 0.777. The molecular formula is C28H40F2. The predicted octanol–water partition coefficient (Wildman–Crippen LogP) is 9.13. The highest BCUT2D eigenvalue weighted by Gasteiger charge is 2.32. The van der Waals surface area contributed by atoms with Crippen LogP contribution in [-0.4, -0.2) is 0 Å². The van der Waals surface area contributed by atoms with Crippen molar-refractivity contribution < 1.29 is 8.78 Å². The highest BCUT2D eigenvalue weighted by molar-refractivity contribution is 5.32. The van der Waals surface area contributed by atoms with Crippen molar-refractivity contribution in [3.8, 4) is 0 Å². The molecule has 30 heavy (non-hydrogen) atoms. The molecule has 0 saturated heterocycles. The Morgan fingerprint density at radius 1 is 0.733 bits per heavy atom. The summed E-state index contributed by atoms with van der Waals surface area (Å²) < 4.78 is 27.5. The number of benzene rings is 1. The van der Waals surface area contributed by atoms with Crippen molar-refractivity contribution in [1.82, 2.24) is 0 Å². The van der Waals surface area contributed by atoms with Gasteiger partial charge in [-0.05, 0) is 48.3 Å². The fraction of sp³-hybridized carbons (Fsp3) is 0.643. The molecule has 166 valence electrons. The first-order chi connectivity index (χ1) is 14.7. The minimum Gasteiger partial charge on any atom is -0.207 e. The zero-order valence-electron chi connectivity index (χ0n) is 18.8. The molecule has 2 heteroatoms. The van der Waals surface area contributed by atoms with Crippen LogP contribution in [0.25, 0.3) is 0 Å². The van der Waals surface area contributed by atoms with Gasteiger partial charge in [-0.3, -0.25) is 0 Å². The summed E-state index contributed by atoms with van der Waals surface area (Å²) in [6.45, 7) is 2.28. The summed E-state index contributed by atoms with van der Waals surface area (Å²) in [5, 5.41) is 0. The van der Waals surface area contributed by atoms with Gasteiger partial charge in [0.2, 0.25) is 0 Å². The van der Waals surface area contributed by atoms with Gasteiger partial charge in [0.15, 0.2) is 0 Å². The van der Waals surface area contributed by atoms with Gasteiger partial charge in [0.05, 0.1) is 0 Å². The van der Waals surface area contributed by atoms with E-state index >= 15 is 0 Å². The molecule has 0 N–H and O–H groups in total. The monoisotopic (exact) mass is 414 g/mol. The lowest BCUT2D eigenvalue weighted by molar-refractivity contribution is 0.209. The van der Waals surface area contributed by atoms with E-state index in [1.165, 1.54) is 95.6 Å². The van der Waals surface area contributed by atoms with Crippen molar-refractivity contribution in [3.05, 3.63) is 59.7 Å². The normalized spacial score (nSPS) is 26.2. The number of hydrogen-bond acceptors (Lipinski definition) is 0. The molecule has 0 spiro atoms. The molecule has 1 aromatic rings. The molecule has 0 aliphatic heterocycles. The molecule has 2 aliphatic rings. The van der Waals surface area contributed by atoms with Crippen LogP contribution >= 0.6 is 0 Å². The molecule has 0 radical (unpaired) electrons. The van der Waals surface area contributed by atoms with Crippen LogP contribution in [0.2, 0.25) is 0 Å². The fourth-order valence-electron chi connectivity index (χ4n) is 5.60. The largest absolute Gasteiger partial charge is 0.207 e. The maximum atomic E-state index is 13.8. The quantitative estimate of drug-likeness (QED) is 0.317. The summed E-state index contributed by atoms with van der Waals surface area (Å²) in [6.07, 6.45) is 26.2. The average Bonchev–Trinajstić information content (AvgIpc) is 2.75. The molecule has 1 aromatic carbocycles. The second kappa shape index (κ2) is 12.4. The van der Waals surface area contributed by atoms with Crippen LogP contribution in [0.1, 0.15) is 102 Å². The van der Waals surface area contributed by atoms with Crippen molar-refractivity contribution >= 4 is 0 Å². The lowest BCUT2D eigenvalue weighted by Gasteiger charge is -2.37. The molecule has 1 fully saturated rings. The minimum atomic E-state index is -0.472. The standard InChI is InChI=1S/C28H40F2/c1-2-3-4-5-6-7-8-9-12-22-15-17-23(18-16-22)27-13-10-11-14-28(27)24-19-25(29)21-26(30)20-24/h10-11,13-14,19-23,27-28H,2-9,12,15-18H2,1H3/t22-,23-,27?,28?. The Morgan fingerprint density at radius 2 is 1.33 bits per heavy atom. The molecule has 2 unspecified atom stereocenters. The van der Waals surface area contributed by atoms with Crippen molar-refractivity contribution in [2.75, 3.05) is 0 Å². The predicted molar refractivity (Wildman–Crippen MR) is 124 cm³/mol. The Kier molecular flexibility index (Phi) is 9.62. The number of hydrogen-bond donors (Lipinski definition) is 0. The molecule has 2 atom stereocenters. The summed E-state index contributed by atoms with van der Waals surface area (Å²) in [5.74, 6) is 1.02. The van der Waals surface area contributed by atoms with Gasteiger partial charge in [-0.2, -0.15) is 0 Å². The van der Waals surface area contributed by atoms with Gasteiger partial charge >= 0.3 is 0 Å². The number of allylic oxidation sites excluding steroid dienone is 4. The topological polar surface area (TPSA) is 0 Å². The van der Waals surface area contributed by atoms with Crippen LogP contribution in [0, 0.1) is 29.4 Å². The molecule has 1 saturated carbocycles. The zero-order valence-corrected chi connectivity index (χ0v) is 18.8. The Hall–Kier alpha value is -1.44. The van der Waals surface area contributed by atoms with Crippen LogP contribution in [0.3, 0.4) is 0 Å². The lowest BCUT2D eigenvalue weighted by atomic mass is 9.68. The highest BCUT2D eigenvalue weighted by Crippen LogP contribution is 2.43. The van der Waals surface area contributed by atoms with E-state index in [4.69, 9.17) is 0 Å². The Labute approximate surface area is 182 Å². The van der Waals surface area contributed by atoms with Crippen molar-refractivity contribution in [1.29, 1.82) is 0 Å². The second-order valence-electron chi connectivity index (χ2n) is 9.62. The second-order valence-corrected chi connectivity index (χ2v) is 9.62. The first-order valence-corrected chi connectivity index (χ1v) is 12.5. The maximum Gasteiger partial charge on any atom is 0.126 e. The number of halogens is 2. The van der Waals surface area contributed by atoms with E-state index in [0.29, 0.717) is 11.8 Å². The van der Waals surface area contributed by atoms with E-state index in [2.05, 4.69) is 25.2 Å². The molecule has 3 rings (SSSR count). The number of rotatable bonds is 11. The Morgan fingerprint density at radius 3 is 2.00 bits per heavy atom. The molecule has 0 heterocycles. The molecule has 0 aromatic heterocycles. The average molecular weight is 415 g/mol. The van der Waals surface area contributed by atoms with Gasteiger partial charge in [0.1, 0.15) is 11.6 Å². The van der Waals surface area contributed by atoms with Gasteiger partial charge in [-0.25, -0.2) is 8.78 Å². The summed E-state index contributed by atoms with van der Waals surface area (Å²) in [7, 11) is 0. The van der Waals surface area contributed by atoms with Gasteiger partial charge < -0.3 is 0 Å². The van der Waals surface area contributed by atoms with Crippen LogP contribution < -0.4 is 0 Å². The van der Waals surface area contributed by atoms with Crippen LogP contribution in [0.5, 0.6) is 0 Å². The van der Waals surface area contributed by atoms with Crippen molar-refractivity contribution in [3.63, 3.8) is 0 Å². The molecule has 0 amide bonds. The first-order valence-electron chi connectivity index (χ1n) is 12.5. The molecule has 2 aliphatic carbocycles. The fourth-order valence-corrected chi connectivity index (χ4v) is 5.60. The third-order valence-corrected chi connectivity index (χ3v) is 7.35. The van der Waals surface area contributed by atoms with E-state index < -0.39 is 11.6 Å². The van der Waals surface area contributed by atoms with Gasteiger partial charge in [0.25, 0.3) is 0 Å². The van der Waals surface area contributed by atoms with Crippen molar-refractivity contribution in [2.45, 2.75) is 96.3 Å². The molecule has 0 nitrogen and oxygen atoms in total. The van der Waals surface area contributed by atoms with Crippen molar-refractivity contribution in [2.24, 2.45) is 17.8 Å². The highest BCUT2D eigenvalue weighted by atomic mass is 19.1.